The van der Waals surface area contributed by atoms with Gasteiger partial charge in [0, 0.05) is 25.7 Å². The molecule has 0 amide bonds. The number of rotatable bonds is 11. The van der Waals surface area contributed by atoms with Crippen molar-refractivity contribution < 1.29 is 23.4 Å². The fourth-order valence-electron chi connectivity index (χ4n) is 4.87. The van der Waals surface area contributed by atoms with Gasteiger partial charge in [0.25, 0.3) is 0 Å². The van der Waals surface area contributed by atoms with Crippen molar-refractivity contribution in [3.63, 3.8) is 0 Å². The van der Waals surface area contributed by atoms with Crippen molar-refractivity contribution in [2.24, 2.45) is 0 Å². The van der Waals surface area contributed by atoms with Crippen molar-refractivity contribution in [1.82, 2.24) is 9.62 Å². The number of aromatic carboxylic acids is 1. The highest BCUT2D eigenvalue weighted by Gasteiger charge is 2.25. The second-order valence-corrected chi connectivity index (χ2v) is 13.0. The van der Waals surface area contributed by atoms with E-state index in [1.54, 1.807) is 37.3 Å². The van der Waals surface area contributed by atoms with Gasteiger partial charge in [0.05, 0.1) is 16.6 Å². The number of hydrogen-bond acceptors (Lipinski definition) is 5. The highest BCUT2D eigenvalue weighted by molar-refractivity contribution is 7.89. The summed E-state index contributed by atoms with van der Waals surface area (Å²) in [5.74, 6) is -1.01. The number of aryl methyl sites for hydroxylation is 1. The van der Waals surface area contributed by atoms with Crippen LogP contribution in [0.25, 0.3) is 21.9 Å². The molecule has 8 heteroatoms. The van der Waals surface area contributed by atoms with E-state index in [1.807, 2.05) is 12.1 Å². The van der Waals surface area contributed by atoms with Crippen molar-refractivity contribution in [3.8, 4) is 11.1 Å². The molecule has 7 nitrogen and oxygen atoms in total. The fraction of sp³-hybridized carbons (Fsp3) is 0.281. The summed E-state index contributed by atoms with van der Waals surface area (Å²) in [6.45, 7) is 5.99. The van der Waals surface area contributed by atoms with Crippen LogP contribution in [0.3, 0.4) is 0 Å². The molecule has 0 bridgehead atoms. The molecule has 0 aliphatic rings. The van der Waals surface area contributed by atoms with E-state index < -0.39 is 22.1 Å². The van der Waals surface area contributed by atoms with E-state index in [-0.39, 0.29) is 29.1 Å². The molecule has 3 N–H and O–H groups in total. The molecule has 0 radical (unpaired) electrons. The van der Waals surface area contributed by atoms with E-state index in [0.29, 0.717) is 11.1 Å². The van der Waals surface area contributed by atoms with Crippen LogP contribution in [0, 0.1) is 6.92 Å². The van der Waals surface area contributed by atoms with Gasteiger partial charge in [-0.1, -0.05) is 66.7 Å². The Balaban J connectivity index is 1.39. The number of carboxylic acid groups (broad SMARTS) is 1. The SMILES string of the molecule is Cc1cc(-c2cccc(S(=O)(=O)N(C)CC(O)CNC(C)(C)Cc3ccc4ccccc4c3)c2)ccc1C(=O)O. The number of likely N-dealkylation sites (N-methyl/N-ethyl adjacent to an activating group) is 1. The highest BCUT2D eigenvalue weighted by Crippen LogP contribution is 2.26. The van der Waals surface area contributed by atoms with Gasteiger partial charge >= 0.3 is 5.97 Å². The zero-order chi connectivity index (χ0) is 29.1. The van der Waals surface area contributed by atoms with Crippen LogP contribution in [-0.2, 0) is 16.4 Å². The van der Waals surface area contributed by atoms with Gasteiger partial charge in [0.15, 0.2) is 0 Å². The third kappa shape index (κ3) is 6.95. The number of benzene rings is 4. The van der Waals surface area contributed by atoms with Gasteiger partial charge in [-0.3, -0.25) is 0 Å². The predicted molar refractivity (Wildman–Crippen MR) is 159 cm³/mol. The molecule has 0 heterocycles. The minimum absolute atomic E-state index is 0.0714. The Morgan fingerprint density at radius 2 is 1.62 bits per heavy atom. The molecule has 210 valence electrons. The van der Waals surface area contributed by atoms with Gasteiger partial charge in [-0.15, -0.1) is 0 Å². The van der Waals surface area contributed by atoms with E-state index in [2.05, 4.69) is 49.5 Å². The molecule has 4 aromatic carbocycles. The number of nitrogens with one attached hydrogen (secondary N) is 1. The summed E-state index contributed by atoms with van der Waals surface area (Å²) >= 11 is 0. The number of sulfonamides is 1. The molecule has 1 unspecified atom stereocenters. The maximum atomic E-state index is 13.3. The van der Waals surface area contributed by atoms with Crippen LogP contribution in [0.15, 0.2) is 89.8 Å². The van der Waals surface area contributed by atoms with Gasteiger partial charge in [-0.05, 0) is 78.4 Å². The van der Waals surface area contributed by atoms with Crippen molar-refractivity contribution in [1.29, 1.82) is 0 Å². The molecule has 1 atom stereocenters. The molecule has 0 aliphatic heterocycles. The highest BCUT2D eigenvalue weighted by atomic mass is 32.2. The molecular formula is C32H36N2O5S. The molecule has 0 fully saturated rings. The van der Waals surface area contributed by atoms with E-state index >= 15 is 0 Å². The number of fused-ring (bicyclic) bond motifs is 1. The summed E-state index contributed by atoms with van der Waals surface area (Å²) in [5.41, 5.74) is 3.04. The van der Waals surface area contributed by atoms with Crippen molar-refractivity contribution >= 4 is 26.8 Å². The van der Waals surface area contributed by atoms with E-state index in [9.17, 15) is 23.4 Å². The van der Waals surface area contributed by atoms with Crippen LogP contribution in [-0.4, -0.2) is 60.7 Å². The summed E-state index contributed by atoms with van der Waals surface area (Å²) in [7, 11) is -2.41. The molecule has 0 aromatic heterocycles. The second kappa shape index (κ2) is 11.9. The predicted octanol–water partition coefficient (Wildman–Crippen LogP) is 5.11. The Labute approximate surface area is 236 Å². The van der Waals surface area contributed by atoms with Crippen molar-refractivity contribution in [2.45, 2.75) is 43.7 Å². The number of aliphatic hydroxyl groups excluding tert-OH is 1. The quantitative estimate of drug-likeness (QED) is 0.236. The first-order valence-electron chi connectivity index (χ1n) is 13.2. The third-order valence-corrected chi connectivity index (χ3v) is 8.90. The third-order valence-electron chi connectivity index (χ3n) is 7.08. The summed E-state index contributed by atoms with van der Waals surface area (Å²) in [6, 6.07) is 26.0. The summed E-state index contributed by atoms with van der Waals surface area (Å²) < 4.78 is 27.8. The number of hydrogen-bond donors (Lipinski definition) is 3. The zero-order valence-corrected chi connectivity index (χ0v) is 24.1. The Morgan fingerprint density at radius 3 is 2.33 bits per heavy atom. The molecular weight excluding hydrogens is 524 g/mol. The first-order chi connectivity index (χ1) is 18.9. The minimum atomic E-state index is -3.87. The summed E-state index contributed by atoms with van der Waals surface area (Å²) in [6.07, 6.45) is -0.164. The van der Waals surface area contributed by atoms with E-state index in [1.165, 1.54) is 35.5 Å². The molecule has 4 aromatic rings. The summed E-state index contributed by atoms with van der Waals surface area (Å²) in [5, 5.41) is 25.8. The van der Waals surface area contributed by atoms with Gasteiger partial charge in [0.1, 0.15) is 0 Å². The molecule has 0 saturated heterocycles. The van der Waals surface area contributed by atoms with Crippen LogP contribution >= 0.6 is 0 Å². The maximum absolute atomic E-state index is 13.3. The monoisotopic (exact) mass is 560 g/mol. The van der Waals surface area contributed by atoms with Gasteiger partial charge in [-0.25, -0.2) is 13.2 Å². The number of nitrogens with zero attached hydrogens (tertiary/aromatic N) is 1. The second-order valence-electron chi connectivity index (χ2n) is 10.9. The standard InChI is InChI=1S/C32H36N2O5S/c1-22-16-27(14-15-30(22)31(36)37)26-10-7-11-29(18-26)40(38,39)34(4)21-28(35)20-33-32(2,3)19-23-12-13-24-8-5-6-9-25(24)17-23/h5-18,28,33,35H,19-21H2,1-4H3,(H,36,37). The topological polar surface area (TPSA) is 107 Å². The molecule has 4 rings (SSSR count). The van der Waals surface area contributed by atoms with Gasteiger partial charge < -0.3 is 15.5 Å². The van der Waals surface area contributed by atoms with Crippen LogP contribution < -0.4 is 5.32 Å². The lowest BCUT2D eigenvalue weighted by atomic mass is 9.93. The molecule has 0 aliphatic carbocycles. The first kappa shape index (κ1) is 29.4. The number of carboxylic acids is 1. The maximum Gasteiger partial charge on any atom is 0.335 e. The molecule has 0 saturated carbocycles. The fourth-order valence-corrected chi connectivity index (χ4v) is 6.13. The smallest absolute Gasteiger partial charge is 0.335 e. The summed E-state index contributed by atoms with van der Waals surface area (Å²) in [4.78, 5) is 11.4. The average molecular weight is 561 g/mol. The number of β-amino-alcohol motifs (C(OH)–C–C–N with tert-alkyl or cyclic N) is 1. The van der Waals surface area contributed by atoms with Gasteiger partial charge in [-0.2, -0.15) is 4.31 Å². The van der Waals surface area contributed by atoms with E-state index in [0.717, 1.165) is 16.3 Å². The van der Waals surface area contributed by atoms with Crippen LogP contribution in [0.2, 0.25) is 0 Å². The number of carbonyl (C=O) groups is 1. The average Bonchev–Trinajstić information content (AvgIpc) is 2.91. The normalized spacial score (nSPS) is 13.1. The van der Waals surface area contributed by atoms with Crippen LogP contribution in [0.4, 0.5) is 0 Å². The Bertz CT molecular complexity index is 1630. The lowest BCUT2D eigenvalue weighted by Crippen LogP contribution is -2.47. The Morgan fingerprint density at radius 1 is 0.925 bits per heavy atom. The number of aliphatic hydroxyl groups is 1. The van der Waals surface area contributed by atoms with Crippen LogP contribution in [0.5, 0.6) is 0 Å². The van der Waals surface area contributed by atoms with E-state index in [4.69, 9.17) is 0 Å². The minimum Gasteiger partial charge on any atom is -0.478 e. The first-order valence-corrected chi connectivity index (χ1v) is 14.6. The molecule has 0 spiro atoms. The van der Waals surface area contributed by atoms with Crippen molar-refractivity contribution in [3.05, 3.63) is 102 Å². The Kier molecular flexibility index (Phi) is 8.75. The van der Waals surface area contributed by atoms with Crippen molar-refractivity contribution in [2.75, 3.05) is 20.1 Å². The zero-order valence-electron chi connectivity index (χ0n) is 23.3. The lowest BCUT2D eigenvalue weighted by molar-refractivity contribution is 0.0696. The van der Waals surface area contributed by atoms with Crippen LogP contribution in [0.1, 0.15) is 35.3 Å². The lowest BCUT2D eigenvalue weighted by Gasteiger charge is -2.29. The van der Waals surface area contributed by atoms with Gasteiger partial charge in [0.2, 0.25) is 10.0 Å². The Hall–Kier alpha value is -3.56. The largest absolute Gasteiger partial charge is 0.478 e. The molecule has 40 heavy (non-hydrogen) atoms.